The van der Waals surface area contributed by atoms with Crippen LogP contribution in [0.4, 0.5) is 5.82 Å². The minimum Gasteiger partial charge on any atom is -0.363 e. The van der Waals surface area contributed by atoms with Gasteiger partial charge in [0.15, 0.2) is 5.82 Å². The lowest BCUT2D eigenvalue weighted by molar-refractivity contribution is 0.102. The first-order valence-electron chi connectivity index (χ1n) is 4.34. The molecule has 0 atom stereocenters. The van der Waals surface area contributed by atoms with E-state index in [1.54, 1.807) is 24.3 Å². The molecule has 4 nitrogen and oxygen atoms in total. The van der Waals surface area contributed by atoms with Crippen molar-refractivity contribution >= 4 is 39.3 Å². The van der Waals surface area contributed by atoms with Gasteiger partial charge in [0.2, 0.25) is 0 Å². The van der Waals surface area contributed by atoms with Crippen LogP contribution in [0.5, 0.6) is 0 Å². The van der Waals surface area contributed by atoms with Gasteiger partial charge in [0, 0.05) is 10.5 Å². The van der Waals surface area contributed by atoms with Gasteiger partial charge in [-0.15, -0.1) is 0 Å². The van der Waals surface area contributed by atoms with Crippen molar-refractivity contribution in [2.45, 2.75) is 0 Å². The van der Waals surface area contributed by atoms with Gasteiger partial charge in [-0.1, -0.05) is 22.8 Å². The third-order valence-electron chi connectivity index (χ3n) is 1.88. The molecule has 1 N–H and O–H groups in total. The van der Waals surface area contributed by atoms with E-state index in [1.165, 1.54) is 6.26 Å². The molecule has 0 unspecified atom stereocenters. The largest absolute Gasteiger partial charge is 0.363 e. The summed E-state index contributed by atoms with van der Waals surface area (Å²) < 4.78 is 5.27. The molecule has 1 heterocycles. The number of halogens is 2. The molecule has 0 spiro atoms. The average molecular weight is 302 g/mol. The second kappa shape index (κ2) is 4.67. The fourth-order valence-electron chi connectivity index (χ4n) is 1.14. The second-order valence-corrected chi connectivity index (χ2v) is 4.17. The van der Waals surface area contributed by atoms with Gasteiger partial charge in [-0.05, 0) is 28.1 Å². The molecule has 1 aromatic heterocycles. The summed E-state index contributed by atoms with van der Waals surface area (Å²) in [6.07, 6.45) is 1.37. The third kappa shape index (κ3) is 2.25. The fraction of sp³-hybridized carbons (Fsp3) is 0. The van der Waals surface area contributed by atoms with E-state index < -0.39 is 0 Å². The zero-order valence-electron chi connectivity index (χ0n) is 7.91. The lowest BCUT2D eigenvalue weighted by atomic mass is 10.2. The Morgan fingerprint density at radius 3 is 2.94 bits per heavy atom. The number of amides is 1. The zero-order valence-corrected chi connectivity index (χ0v) is 10.2. The molecule has 0 saturated carbocycles. The number of anilines is 1. The number of rotatable bonds is 2. The Bertz CT molecular complexity index is 514. The van der Waals surface area contributed by atoms with Gasteiger partial charge in [-0.3, -0.25) is 4.79 Å². The molecule has 2 aromatic rings. The minimum atomic E-state index is -0.333. The van der Waals surface area contributed by atoms with E-state index in [-0.39, 0.29) is 5.91 Å². The predicted molar refractivity (Wildman–Crippen MR) is 63.6 cm³/mol. The number of nitrogens with one attached hydrogen (secondary N) is 1. The van der Waals surface area contributed by atoms with Crippen molar-refractivity contribution in [3.05, 3.63) is 45.6 Å². The van der Waals surface area contributed by atoms with E-state index >= 15 is 0 Å². The molecule has 1 aromatic carbocycles. The highest BCUT2D eigenvalue weighted by Gasteiger charge is 2.13. The van der Waals surface area contributed by atoms with Crippen LogP contribution in [0.3, 0.4) is 0 Å². The quantitative estimate of drug-likeness (QED) is 0.925. The maximum atomic E-state index is 11.8. The number of hydrogen-bond acceptors (Lipinski definition) is 3. The number of nitrogens with zero attached hydrogens (tertiary/aromatic N) is 1. The summed E-state index contributed by atoms with van der Waals surface area (Å²) in [5.74, 6) is 0.0150. The molecule has 16 heavy (non-hydrogen) atoms. The Morgan fingerprint density at radius 1 is 1.44 bits per heavy atom. The molecular formula is C10H6BrClN2O2. The van der Waals surface area contributed by atoms with Crippen LogP contribution < -0.4 is 5.32 Å². The first-order valence-corrected chi connectivity index (χ1v) is 5.51. The predicted octanol–water partition coefficient (Wildman–Crippen LogP) is 3.34. The Morgan fingerprint density at radius 2 is 2.25 bits per heavy atom. The molecule has 0 radical (unpaired) electrons. The van der Waals surface area contributed by atoms with Crippen LogP contribution in [0.1, 0.15) is 10.4 Å². The zero-order chi connectivity index (χ0) is 11.5. The maximum Gasteiger partial charge on any atom is 0.258 e. The lowest BCUT2D eigenvalue weighted by Gasteiger charge is -2.04. The van der Waals surface area contributed by atoms with Crippen molar-refractivity contribution in [2.24, 2.45) is 0 Å². The summed E-state index contributed by atoms with van der Waals surface area (Å²) in [4.78, 5) is 11.8. The van der Waals surface area contributed by atoms with Crippen molar-refractivity contribution in [3.63, 3.8) is 0 Å². The van der Waals surface area contributed by atoms with E-state index in [0.717, 1.165) is 0 Å². The molecule has 0 aliphatic rings. The Hall–Kier alpha value is -1.33. The van der Waals surface area contributed by atoms with Crippen LogP contribution in [0.2, 0.25) is 5.02 Å². The minimum absolute atomic E-state index is 0.333. The molecule has 82 valence electrons. The van der Waals surface area contributed by atoms with Crippen LogP contribution in [0.25, 0.3) is 0 Å². The topological polar surface area (TPSA) is 55.1 Å². The van der Waals surface area contributed by atoms with Crippen LogP contribution in [0, 0.1) is 0 Å². The molecule has 6 heteroatoms. The van der Waals surface area contributed by atoms with Crippen molar-refractivity contribution in [1.82, 2.24) is 5.16 Å². The van der Waals surface area contributed by atoms with Gasteiger partial charge in [0.05, 0.1) is 10.6 Å². The Labute approximate surface area is 105 Å². The summed E-state index contributed by atoms with van der Waals surface area (Å²) in [6.45, 7) is 0. The van der Waals surface area contributed by atoms with Crippen molar-refractivity contribution in [3.8, 4) is 0 Å². The smallest absolute Gasteiger partial charge is 0.258 e. The van der Waals surface area contributed by atoms with Crippen LogP contribution in [-0.2, 0) is 0 Å². The Kier molecular flexibility index (Phi) is 3.26. The maximum absolute atomic E-state index is 11.8. The summed E-state index contributed by atoms with van der Waals surface area (Å²) in [5, 5.41) is 6.49. The van der Waals surface area contributed by atoms with Crippen LogP contribution >= 0.6 is 27.5 Å². The number of benzene rings is 1. The van der Waals surface area contributed by atoms with E-state index in [4.69, 9.17) is 11.6 Å². The van der Waals surface area contributed by atoms with Crippen molar-refractivity contribution in [2.75, 3.05) is 5.32 Å². The first-order chi connectivity index (χ1) is 7.68. The molecule has 0 saturated heterocycles. The van der Waals surface area contributed by atoms with Gasteiger partial charge >= 0.3 is 0 Å². The monoisotopic (exact) mass is 300 g/mol. The highest BCUT2D eigenvalue weighted by atomic mass is 79.9. The van der Waals surface area contributed by atoms with Crippen molar-refractivity contribution < 1.29 is 9.32 Å². The Balaban J connectivity index is 2.24. The number of carbonyl (C=O) groups excluding carboxylic acids is 1. The lowest BCUT2D eigenvalue weighted by Crippen LogP contribution is -2.12. The SMILES string of the molecule is O=C(Nc1ccon1)c1cccc(Br)c1Cl. The number of aromatic nitrogens is 1. The summed E-state index contributed by atoms with van der Waals surface area (Å²) in [7, 11) is 0. The van der Waals surface area contributed by atoms with E-state index in [1.807, 2.05) is 0 Å². The molecule has 0 aliphatic carbocycles. The standard InChI is InChI=1S/C10H6BrClN2O2/c11-7-3-1-2-6(9(7)12)10(15)13-8-4-5-16-14-8/h1-5H,(H,13,14,15). The van der Waals surface area contributed by atoms with Gasteiger partial charge in [0.25, 0.3) is 5.91 Å². The van der Waals surface area contributed by atoms with E-state index in [0.29, 0.717) is 20.9 Å². The highest BCUT2D eigenvalue weighted by Crippen LogP contribution is 2.26. The van der Waals surface area contributed by atoms with Crippen LogP contribution in [-0.4, -0.2) is 11.1 Å². The normalized spacial score (nSPS) is 10.1. The van der Waals surface area contributed by atoms with E-state index in [9.17, 15) is 4.79 Å². The molecule has 2 rings (SSSR count). The number of carbonyl (C=O) groups is 1. The highest BCUT2D eigenvalue weighted by molar-refractivity contribution is 9.10. The molecule has 0 bridgehead atoms. The summed E-state index contributed by atoms with van der Waals surface area (Å²) in [5.41, 5.74) is 0.374. The first kappa shape index (κ1) is 11.2. The van der Waals surface area contributed by atoms with Crippen LogP contribution in [0.15, 0.2) is 39.5 Å². The van der Waals surface area contributed by atoms with Gasteiger partial charge in [-0.2, -0.15) is 0 Å². The van der Waals surface area contributed by atoms with Gasteiger partial charge in [0.1, 0.15) is 6.26 Å². The molecule has 0 aliphatic heterocycles. The van der Waals surface area contributed by atoms with Gasteiger partial charge < -0.3 is 9.84 Å². The summed E-state index contributed by atoms with van der Waals surface area (Å²) >= 11 is 9.22. The average Bonchev–Trinajstić information content (AvgIpc) is 2.74. The van der Waals surface area contributed by atoms with E-state index in [2.05, 4.69) is 30.9 Å². The van der Waals surface area contributed by atoms with Gasteiger partial charge in [-0.25, -0.2) is 0 Å². The molecule has 1 amide bonds. The second-order valence-electron chi connectivity index (χ2n) is 2.94. The third-order valence-corrected chi connectivity index (χ3v) is 3.17. The molecule has 0 fully saturated rings. The van der Waals surface area contributed by atoms with Crippen molar-refractivity contribution in [1.29, 1.82) is 0 Å². The fourth-order valence-corrected chi connectivity index (χ4v) is 1.72. The number of hydrogen-bond donors (Lipinski definition) is 1. The summed E-state index contributed by atoms with van der Waals surface area (Å²) in [6, 6.07) is 6.66. The molecular weight excluding hydrogens is 295 g/mol.